The average Bonchev–Trinajstić information content (AvgIpc) is 2.53. The van der Waals surface area contributed by atoms with Crippen LogP contribution in [0.3, 0.4) is 0 Å². The Morgan fingerprint density at radius 1 is 1.00 bits per heavy atom. The number of aromatic nitrogens is 2. The van der Waals surface area contributed by atoms with Crippen molar-refractivity contribution < 1.29 is 9.85 Å². The number of nitrogens with zero attached hydrogens (tertiary/aromatic N) is 3. The topological polar surface area (TPSA) is 132 Å². The summed E-state index contributed by atoms with van der Waals surface area (Å²) in [6.45, 7) is 0. The number of hydrogen-bond acceptors (Lipinski definition) is 6. The van der Waals surface area contributed by atoms with E-state index in [0.717, 1.165) is 12.1 Å². The maximum absolute atomic E-state index is 12.1. The first-order valence-electron chi connectivity index (χ1n) is 6.39. The predicted octanol–water partition coefficient (Wildman–Crippen LogP) is 2.41. The summed E-state index contributed by atoms with van der Waals surface area (Å²) in [5.41, 5.74) is -1.29. The van der Waals surface area contributed by atoms with Gasteiger partial charge in [-0.25, -0.2) is 4.98 Å². The van der Waals surface area contributed by atoms with Crippen LogP contribution in [0.2, 0.25) is 0 Å². The van der Waals surface area contributed by atoms with Gasteiger partial charge in [0.15, 0.2) is 5.52 Å². The van der Waals surface area contributed by atoms with E-state index in [0.29, 0.717) is 5.56 Å². The van der Waals surface area contributed by atoms with Crippen LogP contribution in [0.5, 0.6) is 0 Å². The molecule has 1 N–H and O–H groups in total. The van der Waals surface area contributed by atoms with Gasteiger partial charge < -0.3 is 4.98 Å². The Balaban J connectivity index is 2.37. The molecule has 1 aromatic heterocycles. The summed E-state index contributed by atoms with van der Waals surface area (Å²) in [5, 5.41) is 22.0. The first-order valence-corrected chi connectivity index (χ1v) is 6.39. The lowest BCUT2D eigenvalue weighted by molar-refractivity contribution is -0.393. The summed E-state index contributed by atoms with van der Waals surface area (Å²) in [5.74, 6) is 0. The van der Waals surface area contributed by atoms with Crippen molar-refractivity contribution in [2.24, 2.45) is 0 Å². The highest BCUT2D eigenvalue weighted by Crippen LogP contribution is 2.29. The first kappa shape index (κ1) is 14.3. The van der Waals surface area contributed by atoms with Gasteiger partial charge in [0.25, 0.3) is 11.2 Å². The van der Waals surface area contributed by atoms with Gasteiger partial charge in [0.05, 0.1) is 21.4 Å². The van der Waals surface area contributed by atoms with Crippen molar-refractivity contribution >= 4 is 22.4 Å². The van der Waals surface area contributed by atoms with Gasteiger partial charge in [-0.15, -0.1) is 0 Å². The molecular formula is C14H8N4O5. The van der Waals surface area contributed by atoms with E-state index in [1.807, 2.05) is 0 Å². The van der Waals surface area contributed by atoms with Crippen molar-refractivity contribution in [3.63, 3.8) is 0 Å². The molecule has 0 spiro atoms. The molecule has 0 radical (unpaired) electrons. The van der Waals surface area contributed by atoms with E-state index in [2.05, 4.69) is 9.97 Å². The number of nitro benzene ring substituents is 2. The molecule has 23 heavy (non-hydrogen) atoms. The number of nitro groups is 2. The maximum atomic E-state index is 12.1. The van der Waals surface area contributed by atoms with Gasteiger partial charge in [-0.1, -0.05) is 30.3 Å². The van der Waals surface area contributed by atoms with Crippen molar-refractivity contribution in [3.8, 4) is 11.3 Å². The molecule has 114 valence electrons. The normalized spacial score (nSPS) is 10.6. The SMILES string of the molecule is O=c1[nH]c2cc([N+](=O)[O-])cc([N+](=O)[O-])c2nc1-c1ccccc1. The molecule has 3 rings (SSSR count). The number of non-ortho nitro benzene ring substituents is 2. The van der Waals surface area contributed by atoms with Gasteiger partial charge >= 0.3 is 5.69 Å². The molecule has 3 aromatic rings. The zero-order valence-corrected chi connectivity index (χ0v) is 11.4. The van der Waals surface area contributed by atoms with Crippen LogP contribution < -0.4 is 5.56 Å². The molecule has 0 aliphatic rings. The van der Waals surface area contributed by atoms with Crippen LogP contribution in [-0.2, 0) is 0 Å². The summed E-state index contributed by atoms with van der Waals surface area (Å²) in [7, 11) is 0. The second-order valence-electron chi connectivity index (χ2n) is 4.66. The van der Waals surface area contributed by atoms with Crippen LogP contribution in [0.4, 0.5) is 11.4 Å². The molecule has 1 heterocycles. The lowest BCUT2D eigenvalue weighted by atomic mass is 10.1. The van der Waals surface area contributed by atoms with Crippen LogP contribution in [0.25, 0.3) is 22.3 Å². The minimum atomic E-state index is -0.768. The minimum Gasteiger partial charge on any atom is -0.318 e. The van der Waals surface area contributed by atoms with Crippen molar-refractivity contribution in [1.82, 2.24) is 9.97 Å². The summed E-state index contributed by atoms with van der Waals surface area (Å²) >= 11 is 0. The zero-order chi connectivity index (χ0) is 16.6. The Bertz CT molecular complexity index is 997. The lowest BCUT2D eigenvalue weighted by Gasteiger charge is -2.03. The fraction of sp³-hybridized carbons (Fsp3) is 0. The standard InChI is InChI=1S/C14H8N4O5/c19-14-12(8-4-2-1-3-5-8)16-13-10(15-14)6-9(17(20)21)7-11(13)18(22)23/h1-7H,(H,15,19). The molecule has 0 unspecified atom stereocenters. The number of benzene rings is 2. The molecule has 0 saturated carbocycles. The molecule has 0 fully saturated rings. The number of nitrogens with one attached hydrogen (secondary N) is 1. The predicted molar refractivity (Wildman–Crippen MR) is 81.1 cm³/mol. The first-order chi connectivity index (χ1) is 11.0. The number of fused-ring (bicyclic) bond motifs is 1. The van der Waals surface area contributed by atoms with Gasteiger partial charge in [0.2, 0.25) is 0 Å². The monoisotopic (exact) mass is 312 g/mol. The van der Waals surface area contributed by atoms with E-state index in [9.17, 15) is 25.0 Å². The third kappa shape index (κ3) is 2.50. The van der Waals surface area contributed by atoms with E-state index >= 15 is 0 Å². The highest BCUT2D eigenvalue weighted by molar-refractivity contribution is 5.88. The Kier molecular flexibility index (Phi) is 3.30. The van der Waals surface area contributed by atoms with E-state index in [4.69, 9.17) is 0 Å². The molecule has 0 aliphatic heterocycles. The van der Waals surface area contributed by atoms with Gasteiger partial charge in [0.1, 0.15) is 5.69 Å². The molecule has 2 aromatic carbocycles. The van der Waals surface area contributed by atoms with E-state index in [-0.39, 0.29) is 16.7 Å². The largest absolute Gasteiger partial charge is 0.318 e. The smallest absolute Gasteiger partial charge is 0.303 e. The average molecular weight is 312 g/mol. The van der Waals surface area contributed by atoms with Gasteiger partial charge in [-0.2, -0.15) is 0 Å². The second-order valence-corrected chi connectivity index (χ2v) is 4.66. The van der Waals surface area contributed by atoms with Gasteiger partial charge in [0, 0.05) is 11.6 Å². The van der Waals surface area contributed by atoms with E-state index < -0.39 is 26.8 Å². The van der Waals surface area contributed by atoms with Crippen LogP contribution in [-0.4, -0.2) is 19.8 Å². The minimum absolute atomic E-state index is 0.00931. The zero-order valence-electron chi connectivity index (χ0n) is 11.4. The Labute approximate surface area is 127 Å². The maximum Gasteiger partial charge on any atom is 0.303 e. The fourth-order valence-corrected chi connectivity index (χ4v) is 2.20. The second kappa shape index (κ2) is 5.30. The molecule has 0 bridgehead atoms. The number of rotatable bonds is 3. The third-order valence-electron chi connectivity index (χ3n) is 3.22. The van der Waals surface area contributed by atoms with Crippen LogP contribution in [0, 0.1) is 20.2 Å². The Morgan fingerprint density at radius 2 is 1.70 bits per heavy atom. The summed E-state index contributed by atoms with van der Waals surface area (Å²) in [4.78, 5) is 39.1. The summed E-state index contributed by atoms with van der Waals surface area (Å²) < 4.78 is 0. The molecular weight excluding hydrogens is 304 g/mol. The fourth-order valence-electron chi connectivity index (χ4n) is 2.20. The molecule has 9 nitrogen and oxygen atoms in total. The molecule has 0 aliphatic carbocycles. The van der Waals surface area contributed by atoms with Crippen molar-refractivity contribution in [3.05, 3.63) is 73.0 Å². The Hall–Kier alpha value is -3.62. The van der Waals surface area contributed by atoms with Gasteiger partial charge in [-0.3, -0.25) is 25.0 Å². The quantitative estimate of drug-likeness (QED) is 0.583. The van der Waals surface area contributed by atoms with Crippen LogP contribution in [0.15, 0.2) is 47.3 Å². The molecule has 0 atom stereocenters. The Morgan fingerprint density at radius 3 is 2.30 bits per heavy atom. The van der Waals surface area contributed by atoms with Crippen molar-refractivity contribution in [2.75, 3.05) is 0 Å². The molecule has 0 saturated heterocycles. The highest BCUT2D eigenvalue weighted by atomic mass is 16.6. The number of H-pyrrole nitrogens is 1. The van der Waals surface area contributed by atoms with Crippen molar-refractivity contribution in [2.45, 2.75) is 0 Å². The van der Waals surface area contributed by atoms with Crippen molar-refractivity contribution in [1.29, 1.82) is 0 Å². The number of aromatic amines is 1. The van der Waals surface area contributed by atoms with E-state index in [1.54, 1.807) is 30.3 Å². The summed E-state index contributed by atoms with van der Waals surface area (Å²) in [6, 6.07) is 10.3. The highest BCUT2D eigenvalue weighted by Gasteiger charge is 2.22. The molecule has 0 amide bonds. The van der Waals surface area contributed by atoms with E-state index in [1.165, 1.54) is 0 Å². The molecule has 9 heteroatoms. The van der Waals surface area contributed by atoms with Crippen LogP contribution in [0.1, 0.15) is 0 Å². The number of hydrogen-bond donors (Lipinski definition) is 1. The summed E-state index contributed by atoms with van der Waals surface area (Å²) in [6.07, 6.45) is 0. The third-order valence-corrected chi connectivity index (χ3v) is 3.22. The van der Waals surface area contributed by atoms with Crippen LogP contribution >= 0.6 is 0 Å². The lowest BCUT2D eigenvalue weighted by Crippen LogP contribution is -2.12. The van der Waals surface area contributed by atoms with Gasteiger partial charge in [-0.05, 0) is 0 Å².